The number of rotatable bonds is 7. The first-order valence-corrected chi connectivity index (χ1v) is 8.08. The number of nitrogens with zero attached hydrogens (tertiary/aromatic N) is 1. The van der Waals surface area contributed by atoms with Gasteiger partial charge < -0.3 is 19.2 Å². The Kier molecular flexibility index (Phi) is 5.85. The molecule has 0 unspecified atom stereocenters. The minimum Gasteiger partial charge on any atom is -0.491 e. The predicted molar refractivity (Wildman–Crippen MR) is 92.8 cm³/mol. The van der Waals surface area contributed by atoms with Crippen molar-refractivity contribution in [1.82, 2.24) is 4.90 Å². The average molecular weight is 345 g/mol. The second-order valence-corrected chi connectivity index (χ2v) is 6.23. The fourth-order valence-corrected chi connectivity index (χ4v) is 2.47. The Balaban J connectivity index is 2.00. The van der Waals surface area contributed by atoms with Crippen LogP contribution in [-0.2, 0) is 17.8 Å². The van der Waals surface area contributed by atoms with Gasteiger partial charge in [-0.25, -0.2) is 4.79 Å². The highest BCUT2D eigenvalue weighted by Crippen LogP contribution is 2.18. The lowest BCUT2D eigenvalue weighted by Crippen LogP contribution is -2.27. The zero-order valence-electron chi connectivity index (χ0n) is 14.9. The summed E-state index contributed by atoms with van der Waals surface area (Å²) in [6, 6.07) is 8.90. The van der Waals surface area contributed by atoms with E-state index in [1.54, 1.807) is 14.0 Å². The molecular formula is C19H23NO5. The molecule has 1 heterocycles. The molecule has 1 amide bonds. The Morgan fingerprint density at radius 3 is 2.60 bits per heavy atom. The molecule has 6 heteroatoms. The van der Waals surface area contributed by atoms with Crippen LogP contribution in [0.3, 0.4) is 0 Å². The number of amides is 1. The number of carboxylic acids is 1. The molecule has 2 aromatic rings. The van der Waals surface area contributed by atoms with E-state index in [1.165, 1.54) is 11.0 Å². The largest absolute Gasteiger partial charge is 0.491 e. The van der Waals surface area contributed by atoms with Gasteiger partial charge in [0.2, 0.25) is 5.91 Å². The van der Waals surface area contributed by atoms with Gasteiger partial charge in [0.1, 0.15) is 22.8 Å². The molecule has 1 N–H and O–H groups in total. The summed E-state index contributed by atoms with van der Waals surface area (Å²) in [4.78, 5) is 25.0. The van der Waals surface area contributed by atoms with E-state index in [0.717, 1.165) is 11.3 Å². The summed E-state index contributed by atoms with van der Waals surface area (Å²) in [7, 11) is 1.66. The van der Waals surface area contributed by atoms with Crippen LogP contribution < -0.4 is 4.74 Å². The Morgan fingerprint density at radius 2 is 2.00 bits per heavy atom. The third kappa shape index (κ3) is 5.11. The van der Waals surface area contributed by atoms with E-state index in [1.807, 2.05) is 38.1 Å². The van der Waals surface area contributed by atoms with E-state index in [-0.39, 0.29) is 30.5 Å². The molecule has 0 aliphatic heterocycles. The number of furan rings is 1. The van der Waals surface area contributed by atoms with Crippen LogP contribution in [0.4, 0.5) is 0 Å². The number of hydrogen-bond acceptors (Lipinski definition) is 4. The van der Waals surface area contributed by atoms with E-state index in [0.29, 0.717) is 11.5 Å². The molecule has 0 aliphatic carbocycles. The summed E-state index contributed by atoms with van der Waals surface area (Å²) >= 11 is 0. The summed E-state index contributed by atoms with van der Waals surface area (Å²) in [5.74, 6) is 0.385. The van der Waals surface area contributed by atoms with Crippen LogP contribution in [0.2, 0.25) is 0 Å². The van der Waals surface area contributed by atoms with Gasteiger partial charge in [0, 0.05) is 7.05 Å². The van der Waals surface area contributed by atoms with Crippen molar-refractivity contribution in [2.45, 2.75) is 39.8 Å². The van der Waals surface area contributed by atoms with Crippen LogP contribution >= 0.6 is 0 Å². The number of aryl methyl sites for hydroxylation is 1. The average Bonchev–Trinajstić information content (AvgIpc) is 2.87. The molecule has 2 rings (SSSR count). The van der Waals surface area contributed by atoms with E-state index in [4.69, 9.17) is 14.3 Å². The van der Waals surface area contributed by atoms with Gasteiger partial charge in [-0.2, -0.15) is 0 Å². The second kappa shape index (κ2) is 7.88. The number of carboxylic acid groups (broad SMARTS) is 1. The fraction of sp³-hybridized carbons (Fsp3) is 0.368. The fourth-order valence-electron chi connectivity index (χ4n) is 2.47. The van der Waals surface area contributed by atoms with Crippen LogP contribution in [-0.4, -0.2) is 35.0 Å². The van der Waals surface area contributed by atoms with E-state index < -0.39 is 5.97 Å². The topological polar surface area (TPSA) is 80.0 Å². The Labute approximate surface area is 147 Å². The highest BCUT2D eigenvalue weighted by Gasteiger charge is 2.17. The molecule has 0 aliphatic rings. The summed E-state index contributed by atoms with van der Waals surface area (Å²) < 4.78 is 11.1. The molecule has 0 bridgehead atoms. The zero-order valence-corrected chi connectivity index (χ0v) is 14.9. The highest BCUT2D eigenvalue weighted by atomic mass is 16.5. The number of aromatic carboxylic acids is 1. The van der Waals surface area contributed by atoms with Gasteiger partial charge in [0.05, 0.1) is 19.1 Å². The number of carbonyl (C=O) groups excluding carboxylic acids is 1. The van der Waals surface area contributed by atoms with Crippen molar-refractivity contribution >= 4 is 11.9 Å². The monoisotopic (exact) mass is 345 g/mol. The molecule has 25 heavy (non-hydrogen) atoms. The van der Waals surface area contributed by atoms with Crippen LogP contribution in [0.15, 0.2) is 34.7 Å². The molecule has 0 spiro atoms. The maximum atomic E-state index is 12.4. The molecule has 0 radical (unpaired) electrons. The summed E-state index contributed by atoms with van der Waals surface area (Å²) in [5.41, 5.74) is 0.978. The van der Waals surface area contributed by atoms with Crippen molar-refractivity contribution in [2.24, 2.45) is 0 Å². The van der Waals surface area contributed by atoms with E-state index in [9.17, 15) is 9.59 Å². The van der Waals surface area contributed by atoms with Crippen molar-refractivity contribution in [1.29, 1.82) is 0 Å². The molecule has 1 aromatic carbocycles. The summed E-state index contributed by atoms with van der Waals surface area (Å²) in [6.07, 6.45) is 0.302. The van der Waals surface area contributed by atoms with Gasteiger partial charge >= 0.3 is 5.97 Å². The Hall–Kier alpha value is -2.76. The third-order valence-corrected chi connectivity index (χ3v) is 3.64. The number of benzene rings is 1. The smallest absolute Gasteiger partial charge is 0.339 e. The van der Waals surface area contributed by atoms with Gasteiger partial charge in [0.25, 0.3) is 0 Å². The molecule has 1 aromatic heterocycles. The van der Waals surface area contributed by atoms with Gasteiger partial charge in [-0.15, -0.1) is 0 Å². The van der Waals surface area contributed by atoms with Crippen molar-refractivity contribution in [3.63, 3.8) is 0 Å². The lowest BCUT2D eigenvalue weighted by molar-refractivity contribution is -0.129. The normalized spacial score (nSPS) is 10.8. The first-order chi connectivity index (χ1) is 11.8. The lowest BCUT2D eigenvalue weighted by Gasteiger charge is -2.16. The second-order valence-electron chi connectivity index (χ2n) is 6.23. The van der Waals surface area contributed by atoms with Gasteiger partial charge in [-0.1, -0.05) is 12.1 Å². The van der Waals surface area contributed by atoms with Crippen LogP contribution in [0.25, 0.3) is 0 Å². The maximum absolute atomic E-state index is 12.4. The van der Waals surface area contributed by atoms with Gasteiger partial charge in [0.15, 0.2) is 0 Å². The lowest BCUT2D eigenvalue weighted by atomic mass is 10.1. The molecule has 0 fully saturated rings. The highest BCUT2D eigenvalue weighted by molar-refractivity contribution is 5.88. The quantitative estimate of drug-likeness (QED) is 0.833. The van der Waals surface area contributed by atoms with E-state index >= 15 is 0 Å². The molecule has 6 nitrogen and oxygen atoms in total. The first kappa shape index (κ1) is 18.6. The molecule has 0 saturated carbocycles. The van der Waals surface area contributed by atoms with Gasteiger partial charge in [-0.05, 0) is 44.5 Å². The molecular weight excluding hydrogens is 322 g/mol. The number of hydrogen-bond donors (Lipinski definition) is 1. The molecule has 0 atom stereocenters. The van der Waals surface area contributed by atoms with Crippen LogP contribution in [0, 0.1) is 6.92 Å². The summed E-state index contributed by atoms with van der Waals surface area (Å²) in [5, 5.41) is 9.05. The van der Waals surface area contributed by atoms with E-state index in [2.05, 4.69) is 0 Å². The zero-order chi connectivity index (χ0) is 18.6. The van der Waals surface area contributed by atoms with Crippen molar-refractivity contribution < 1.29 is 23.8 Å². The van der Waals surface area contributed by atoms with Crippen molar-refractivity contribution in [2.75, 3.05) is 7.05 Å². The van der Waals surface area contributed by atoms with Crippen molar-refractivity contribution in [3.8, 4) is 5.75 Å². The third-order valence-electron chi connectivity index (χ3n) is 3.64. The van der Waals surface area contributed by atoms with Gasteiger partial charge in [-0.3, -0.25) is 4.79 Å². The first-order valence-electron chi connectivity index (χ1n) is 8.08. The van der Waals surface area contributed by atoms with Crippen LogP contribution in [0.1, 0.15) is 41.3 Å². The van der Waals surface area contributed by atoms with Crippen molar-refractivity contribution in [3.05, 3.63) is 53.0 Å². The minimum absolute atomic E-state index is 0.0687. The Bertz CT molecular complexity index is 763. The molecule has 0 saturated heterocycles. The number of carbonyl (C=O) groups is 2. The standard InChI is InChI=1S/C19H23NO5/c1-12(2)24-15-7-5-6-14(8-15)9-18(21)20(4)11-16-10-17(19(22)23)13(3)25-16/h5-8,10,12H,9,11H2,1-4H3,(H,22,23). The summed E-state index contributed by atoms with van der Waals surface area (Å²) in [6.45, 7) is 5.70. The Morgan fingerprint density at radius 1 is 1.28 bits per heavy atom. The minimum atomic E-state index is -1.04. The van der Waals surface area contributed by atoms with Crippen LogP contribution in [0.5, 0.6) is 5.75 Å². The SMILES string of the molecule is Cc1oc(CN(C)C(=O)Cc2cccc(OC(C)C)c2)cc1C(=O)O. The maximum Gasteiger partial charge on any atom is 0.339 e. The number of ether oxygens (including phenoxy) is 1. The molecule has 134 valence electrons. The number of likely N-dealkylation sites (N-methyl/N-ethyl adjacent to an activating group) is 1. The predicted octanol–water partition coefficient (Wildman–Crippen LogP) is 3.27.